The smallest absolute Gasteiger partial charge is 0.259 e. The molecule has 0 saturated heterocycles. The predicted octanol–water partition coefficient (Wildman–Crippen LogP) is 4.42. The van der Waals surface area contributed by atoms with Gasteiger partial charge in [0.25, 0.3) is 5.91 Å². The second kappa shape index (κ2) is 8.79. The van der Waals surface area contributed by atoms with Crippen molar-refractivity contribution in [3.8, 4) is 28.7 Å². The molecule has 0 aliphatic rings. The molecule has 0 saturated carbocycles. The molecule has 1 heterocycles. The van der Waals surface area contributed by atoms with Gasteiger partial charge in [-0.05, 0) is 18.2 Å². The summed E-state index contributed by atoms with van der Waals surface area (Å²) < 4.78 is 23.2. The van der Waals surface area contributed by atoms with Crippen molar-refractivity contribution in [3.05, 3.63) is 59.4 Å². The largest absolute Gasteiger partial charge is 0.496 e. The third-order valence-electron chi connectivity index (χ3n) is 4.32. The summed E-state index contributed by atoms with van der Waals surface area (Å²) in [5.74, 6) is 1.29. The molecule has 152 valence electrons. The zero-order valence-electron chi connectivity index (χ0n) is 16.5. The topological polar surface area (TPSA) is 71.0 Å². The molecule has 0 unspecified atom stereocenters. The first-order valence-corrected chi connectivity index (χ1v) is 9.02. The van der Waals surface area contributed by atoms with Gasteiger partial charge in [0.15, 0.2) is 11.5 Å². The summed E-state index contributed by atoms with van der Waals surface area (Å²) in [5.41, 5.74) is 1.47. The number of nitrogens with zero attached hydrogens (tertiary/aromatic N) is 1. The number of hydrogen-bond donors (Lipinski definition) is 1. The number of aromatic nitrogens is 1. The van der Waals surface area contributed by atoms with Crippen molar-refractivity contribution in [1.29, 1.82) is 0 Å². The molecular formula is C21H21ClN2O5. The van der Waals surface area contributed by atoms with E-state index in [0.717, 1.165) is 0 Å². The van der Waals surface area contributed by atoms with Gasteiger partial charge in [-0.3, -0.25) is 4.79 Å². The van der Waals surface area contributed by atoms with Crippen LogP contribution >= 0.6 is 11.6 Å². The van der Waals surface area contributed by atoms with E-state index in [4.69, 9.17) is 30.5 Å². The Hall–Kier alpha value is -3.32. The third-order valence-corrected chi connectivity index (χ3v) is 4.62. The maximum atomic E-state index is 12.9. The Bertz CT molecular complexity index is 993. The first kappa shape index (κ1) is 20.4. The van der Waals surface area contributed by atoms with E-state index in [2.05, 4.69) is 5.32 Å². The zero-order chi connectivity index (χ0) is 21.0. The van der Waals surface area contributed by atoms with Gasteiger partial charge < -0.3 is 28.8 Å². The van der Waals surface area contributed by atoms with E-state index < -0.39 is 5.91 Å². The number of anilines is 1. The standard InChI is InChI=1S/C21H21ClN2O5/c1-26-17-12-16(24-7-5-6-8-24)15(22)11-14(17)21(25)23-13-9-18(27-2)20(29-4)19(10-13)28-3/h5-12H,1-4H3,(H,23,25). The summed E-state index contributed by atoms with van der Waals surface area (Å²) >= 11 is 6.42. The highest BCUT2D eigenvalue weighted by molar-refractivity contribution is 6.33. The molecule has 29 heavy (non-hydrogen) atoms. The Kier molecular flexibility index (Phi) is 6.19. The van der Waals surface area contributed by atoms with Crippen LogP contribution < -0.4 is 24.3 Å². The molecule has 0 aliphatic carbocycles. The van der Waals surface area contributed by atoms with Gasteiger partial charge in [0, 0.05) is 36.3 Å². The molecule has 1 N–H and O–H groups in total. The molecule has 1 amide bonds. The van der Waals surface area contributed by atoms with Crippen molar-refractivity contribution in [1.82, 2.24) is 4.57 Å². The van der Waals surface area contributed by atoms with E-state index in [1.54, 1.807) is 24.3 Å². The number of rotatable bonds is 7. The van der Waals surface area contributed by atoms with E-state index >= 15 is 0 Å². The number of methoxy groups -OCH3 is 4. The van der Waals surface area contributed by atoms with Crippen LogP contribution in [-0.2, 0) is 0 Å². The van der Waals surface area contributed by atoms with Crippen LogP contribution in [0, 0.1) is 0 Å². The van der Waals surface area contributed by atoms with Crippen molar-refractivity contribution in [3.63, 3.8) is 0 Å². The number of carbonyl (C=O) groups is 1. The van der Waals surface area contributed by atoms with Crippen molar-refractivity contribution < 1.29 is 23.7 Å². The lowest BCUT2D eigenvalue weighted by atomic mass is 10.1. The number of nitrogens with one attached hydrogen (secondary N) is 1. The molecule has 0 fully saturated rings. The number of carbonyl (C=O) groups excluding carboxylic acids is 1. The zero-order valence-corrected chi connectivity index (χ0v) is 17.2. The lowest BCUT2D eigenvalue weighted by Crippen LogP contribution is -2.14. The minimum absolute atomic E-state index is 0.294. The fraction of sp³-hybridized carbons (Fsp3) is 0.190. The first-order valence-electron chi connectivity index (χ1n) is 8.64. The maximum absolute atomic E-state index is 12.9. The fourth-order valence-corrected chi connectivity index (χ4v) is 3.19. The van der Waals surface area contributed by atoms with Crippen LogP contribution in [0.1, 0.15) is 10.4 Å². The molecule has 3 rings (SSSR count). The van der Waals surface area contributed by atoms with Gasteiger partial charge in [-0.25, -0.2) is 0 Å². The highest BCUT2D eigenvalue weighted by atomic mass is 35.5. The van der Waals surface area contributed by atoms with Crippen molar-refractivity contribution in [2.75, 3.05) is 33.8 Å². The number of benzene rings is 2. The van der Waals surface area contributed by atoms with Crippen molar-refractivity contribution in [2.24, 2.45) is 0 Å². The van der Waals surface area contributed by atoms with Gasteiger partial charge in [-0.1, -0.05) is 11.6 Å². The van der Waals surface area contributed by atoms with Gasteiger partial charge in [0.1, 0.15) is 5.75 Å². The first-order chi connectivity index (χ1) is 14.0. The van der Waals surface area contributed by atoms with Crippen LogP contribution in [0.3, 0.4) is 0 Å². The second-order valence-corrected chi connectivity index (χ2v) is 6.37. The Morgan fingerprint density at radius 3 is 1.97 bits per heavy atom. The summed E-state index contributed by atoms with van der Waals surface area (Å²) in [5, 5.41) is 3.23. The molecule has 0 spiro atoms. The highest BCUT2D eigenvalue weighted by Crippen LogP contribution is 2.40. The van der Waals surface area contributed by atoms with E-state index in [-0.39, 0.29) is 0 Å². The number of amides is 1. The van der Waals surface area contributed by atoms with E-state index in [1.807, 2.05) is 29.1 Å². The van der Waals surface area contributed by atoms with Gasteiger partial charge in [-0.15, -0.1) is 0 Å². The van der Waals surface area contributed by atoms with Gasteiger partial charge in [0.05, 0.1) is 44.7 Å². The number of ether oxygens (including phenoxy) is 4. The monoisotopic (exact) mass is 416 g/mol. The van der Waals surface area contributed by atoms with Gasteiger partial charge >= 0.3 is 0 Å². The number of hydrogen-bond acceptors (Lipinski definition) is 5. The van der Waals surface area contributed by atoms with Crippen LogP contribution in [0.4, 0.5) is 5.69 Å². The maximum Gasteiger partial charge on any atom is 0.259 e. The number of halogens is 1. The van der Waals surface area contributed by atoms with Gasteiger partial charge in [0.2, 0.25) is 5.75 Å². The molecule has 0 atom stereocenters. The second-order valence-electron chi connectivity index (χ2n) is 5.96. The van der Waals surface area contributed by atoms with Crippen molar-refractivity contribution in [2.45, 2.75) is 0 Å². The van der Waals surface area contributed by atoms with Crippen LogP contribution in [0.5, 0.6) is 23.0 Å². The Morgan fingerprint density at radius 1 is 0.862 bits per heavy atom. The van der Waals surface area contributed by atoms with E-state index in [1.165, 1.54) is 28.4 Å². The fourth-order valence-electron chi connectivity index (χ4n) is 2.93. The quantitative estimate of drug-likeness (QED) is 0.617. The summed E-state index contributed by atoms with van der Waals surface area (Å²) in [6.07, 6.45) is 3.71. The van der Waals surface area contributed by atoms with Crippen LogP contribution in [-0.4, -0.2) is 38.9 Å². The molecule has 3 aromatic rings. The molecule has 2 aromatic carbocycles. The molecule has 1 aromatic heterocycles. The molecule has 7 nitrogen and oxygen atoms in total. The lowest BCUT2D eigenvalue weighted by molar-refractivity contribution is 0.102. The average molecular weight is 417 g/mol. The lowest BCUT2D eigenvalue weighted by Gasteiger charge is -2.16. The summed E-state index contributed by atoms with van der Waals surface area (Å²) in [6, 6.07) is 10.3. The van der Waals surface area contributed by atoms with Crippen LogP contribution in [0.2, 0.25) is 5.02 Å². The molecular weight excluding hydrogens is 396 g/mol. The van der Waals surface area contributed by atoms with Gasteiger partial charge in [-0.2, -0.15) is 0 Å². The Morgan fingerprint density at radius 2 is 1.45 bits per heavy atom. The molecule has 0 aliphatic heterocycles. The molecule has 0 bridgehead atoms. The van der Waals surface area contributed by atoms with Crippen LogP contribution in [0.15, 0.2) is 48.8 Å². The van der Waals surface area contributed by atoms with E-state index in [0.29, 0.717) is 45.0 Å². The summed E-state index contributed by atoms with van der Waals surface area (Å²) in [4.78, 5) is 12.9. The Balaban J connectivity index is 1.96. The minimum Gasteiger partial charge on any atom is -0.496 e. The average Bonchev–Trinajstić information content (AvgIpc) is 3.27. The summed E-state index contributed by atoms with van der Waals surface area (Å²) in [6.45, 7) is 0. The minimum atomic E-state index is -0.392. The normalized spacial score (nSPS) is 10.4. The van der Waals surface area contributed by atoms with Crippen molar-refractivity contribution >= 4 is 23.2 Å². The third kappa shape index (κ3) is 4.09. The predicted molar refractivity (Wildman–Crippen MR) is 111 cm³/mol. The SMILES string of the molecule is COc1cc(-n2cccc2)c(Cl)cc1C(=O)Nc1cc(OC)c(OC)c(OC)c1. The highest BCUT2D eigenvalue weighted by Gasteiger charge is 2.19. The Labute approximate surface area is 173 Å². The molecule has 8 heteroatoms. The summed E-state index contributed by atoms with van der Waals surface area (Å²) in [7, 11) is 6.02. The van der Waals surface area contributed by atoms with Crippen LogP contribution in [0.25, 0.3) is 5.69 Å². The van der Waals surface area contributed by atoms with E-state index in [9.17, 15) is 4.79 Å². The molecule has 0 radical (unpaired) electrons.